The summed E-state index contributed by atoms with van der Waals surface area (Å²) < 4.78 is 0. The standard InChI is InChI=1S/C10H8BN/c1-7-2-3-10(11)8-4-5-12-6-9(7)8/h2-6H,1H3. The molecule has 0 saturated heterocycles. The van der Waals surface area contributed by atoms with Crippen LogP contribution in [-0.4, -0.2) is 12.8 Å². The molecule has 1 heterocycles. The summed E-state index contributed by atoms with van der Waals surface area (Å²) in [7, 11) is 5.80. The highest BCUT2D eigenvalue weighted by Gasteiger charge is 1.97. The topological polar surface area (TPSA) is 12.9 Å². The molecule has 1 aromatic carbocycles. The van der Waals surface area contributed by atoms with E-state index in [1.807, 2.05) is 24.4 Å². The van der Waals surface area contributed by atoms with E-state index in [0.29, 0.717) is 0 Å². The Labute approximate surface area is 72.8 Å². The largest absolute Gasteiger partial charge is 0.264 e. The first-order chi connectivity index (χ1) is 5.79. The second kappa shape index (κ2) is 2.63. The van der Waals surface area contributed by atoms with Gasteiger partial charge in [-0.3, -0.25) is 4.98 Å². The Morgan fingerprint density at radius 3 is 2.75 bits per heavy atom. The molecular weight excluding hydrogens is 145 g/mol. The van der Waals surface area contributed by atoms with E-state index < -0.39 is 0 Å². The summed E-state index contributed by atoms with van der Waals surface area (Å²) in [6, 6.07) is 5.88. The van der Waals surface area contributed by atoms with Crippen LogP contribution in [0.2, 0.25) is 0 Å². The van der Waals surface area contributed by atoms with Gasteiger partial charge in [0.15, 0.2) is 0 Å². The van der Waals surface area contributed by atoms with Crippen molar-refractivity contribution in [1.29, 1.82) is 0 Å². The van der Waals surface area contributed by atoms with Crippen molar-refractivity contribution in [2.45, 2.75) is 6.92 Å². The first-order valence-corrected chi connectivity index (χ1v) is 3.88. The molecule has 2 aromatic rings. The molecule has 2 radical (unpaired) electrons. The van der Waals surface area contributed by atoms with E-state index in [1.54, 1.807) is 6.20 Å². The predicted molar refractivity (Wildman–Crippen MR) is 51.9 cm³/mol. The van der Waals surface area contributed by atoms with Crippen LogP contribution in [0.15, 0.2) is 30.6 Å². The van der Waals surface area contributed by atoms with E-state index in [4.69, 9.17) is 7.85 Å². The van der Waals surface area contributed by atoms with Gasteiger partial charge in [0, 0.05) is 17.8 Å². The number of pyridine rings is 1. The number of rotatable bonds is 0. The van der Waals surface area contributed by atoms with Gasteiger partial charge in [-0.25, -0.2) is 0 Å². The monoisotopic (exact) mass is 153 g/mol. The zero-order valence-electron chi connectivity index (χ0n) is 6.91. The molecule has 2 heteroatoms. The molecule has 0 atom stereocenters. The molecular formula is C10H8BN. The fourth-order valence-corrected chi connectivity index (χ4v) is 1.35. The van der Waals surface area contributed by atoms with Crippen LogP contribution in [0, 0.1) is 6.92 Å². The highest BCUT2D eigenvalue weighted by atomic mass is 14.6. The third-order valence-electron chi connectivity index (χ3n) is 2.07. The summed E-state index contributed by atoms with van der Waals surface area (Å²) in [6.07, 6.45) is 3.61. The van der Waals surface area contributed by atoms with Crippen LogP contribution in [0.5, 0.6) is 0 Å². The molecule has 0 bridgehead atoms. The van der Waals surface area contributed by atoms with Crippen LogP contribution in [0.3, 0.4) is 0 Å². The predicted octanol–water partition coefficient (Wildman–Crippen LogP) is 1.34. The summed E-state index contributed by atoms with van der Waals surface area (Å²) in [5.74, 6) is 0. The van der Waals surface area contributed by atoms with Crippen molar-refractivity contribution >= 4 is 24.1 Å². The average Bonchev–Trinajstić information content (AvgIpc) is 2.12. The smallest absolute Gasteiger partial charge is 0.114 e. The van der Waals surface area contributed by atoms with Gasteiger partial charge in [-0.15, -0.1) is 0 Å². The number of benzene rings is 1. The number of hydrogen-bond donors (Lipinski definition) is 0. The third kappa shape index (κ3) is 1.000. The van der Waals surface area contributed by atoms with Gasteiger partial charge < -0.3 is 0 Å². The fraction of sp³-hybridized carbons (Fsp3) is 0.100. The van der Waals surface area contributed by atoms with Gasteiger partial charge in [-0.2, -0.15) is 0 Å². The van der Waals surface area contributed by atoms with Crippen LogP contribution in [0.1, 0.15) is 5.56 Å². The van der Waals surface area contributed by atoms with Gasteiger partial charge in [-0.05, 0) is 23.9 Å². The normalized spacial score (nSPS) is 10.4. The van der Waals surface area contributed by atoms with E-state index in [9.17, 15) is 0 Å². The minimum atomic E-state index is 0.818. The maximum Gasteiger partial charge on any atom is 0.114 e. The maximum atomic E-state index is 5.80. The highest BCUT2D eigenvalue weighted by Crippen LogP contribution is 2.13. The maximum absolute atomic E-state index is 5.80. The van der Waals surface area contributed by atoms with Gasteiger partial charge >= 0.3 is 0 Å². The Hall–Kier alpha value is -1.31. The first kappa shape index (κ1) is 7.35. The summed E-state index contributed by atoms with van der Waals surface area (Å²) >= 11 is 0. The molecule has 0 N–H and O–H groups in total. The van der Waals surface area contributed by atoms with Crippen LogP contribution < -0.4 is 5.46 Å². The van der Waals surface area contributed by atoms with Gasteiger partial charge in [0.05, 0.1) is 0 Å². The van der Waals surface area contributed by atoms with E-state index in [-0.39, 0.29) is 0 Å². The molecule has 0 aliphatic carbocycles. The highest BCUT2D eigenvalue weighted by molar-refractivity contribution is 6.38. The molecule has 0 amide bonds. The Morgan fingerprint density at radius 2 is 2.00 bits per heavy atom. The van der Waals surface area contributed by atoms with Crippen LogP contribution in [0.25, 0.3) is 10.8 Å². The molecule has 0 aliphatic rings. The fourth-order valence-electron chi connectivity index (χ4n) is 1.35. The Bertz CT molecular complexity index is 383. The van der Waals surface area contributed by atoms with E-state index in [1.165, 1.54) is 5.56 Å². The van der Waals surface area contributed by atoms with Gasteiger partial charge in [0.2, 0.25) is 0 Å². The second-order valence-electron chi connectivity index (χ2n) is 2.89. The molecule has 12 heavy (non-hydrogen) atoms. The Kier molecular flexibility index (Phi) is 1.61. The molecule has 1 aromatic heterocycles. The third-order valence-corrected chi connectivity index (χ3v) is 2.07. The summed E-state index contributed by atoms with van der Waals surface area (Å²) in [6.45, 7) is 2.06. The summed E-state index contributed by atoms with van der Waals surface area (Å²) in [5.41, 5.74) is 2.03. The molecule has 56 valence electrons. The van der Waals surface area contributed by atoms with Crippen molar-refractivity contribution in [1.82, 2.24) is 4.98 Å². The number of hydrogen-bond acceptors (Lipinski definition) is 1. The van der Waals surface area contributed by atoms with E-state index >= 15 is 0 Å². The molecule has 0 fully saturated rings. The molecule has 0 aliphatic heterocycles. The summed E-state index contributed by atoms with van der Waals surface area (Å²) in [4.78, 5) is 4.06. The minimum Gasteiger partial charge on any atom is -0.264 e. The van der Waals surface area contributed by atoms with Crippen molar-refractivity contribution in [3.63, 3.8) is 0 Å². The lowest BCUT2D eigenvalue weighted by molar-refractivity contribution is 1.35. The molecule has 1 nitrogen and oxygen atoms in total. The quantitative estimate of drug-likeness (QED) is 0.520. The second-order valence-corrected chi connectivity index (χ2v) is 2.89. The number of aryl methyl sites for hydroxylation is 1. The Morgan fingerprint density at radius 1 is 1.17 bits per heavy atom. The zero-order chi connectivity index (χ0) is 8.55. The van der Waals surface area contributed by atoms with Crippen LogP contribution in [0.4, 0.5) is 0 Å². The van der Waals surface area contributed by atoms with Crippen molar-refractivity contribution in [3.05, 3.63) is 36.2 Å². The summed E-state index contributed by atoms with van der Waals surface area (Å²) in [5, 5.41) is 2.22. The van der Waals surface area contributed by atoms with Crippen LogP contribution >= 0.6 is 0 Å². The number of fused-ring (bicyclic) bond motifs is 1. The van der Waals surface area contributed by atoms with Gasteiger partial charge in [0.25, 0.3) is 0 Å². The van der Waals surface area contributed by atoms with E-state index in [2.05, 4.69) is 11.9 Å². The number of nitrogens with zero attached hydrogens (tertiary/aromatic N) is 1. The van der Waals surface area contributed by atoms with Gasteiger partial charge in [0.1, 0.15) is 7.85 Å². The molecule has 0 spiro atoms. The first-order valence-electron chi connectivity index (χ1n) is 3.88. The lowest BCUT2D eigenvalue weighted by atomic mass is 9.89. The van der Waals surface area contributed by atoms with Crippen molar-refractivity contribution in [2.75, 3.05) is 0 Å². The minimum absolute atomic E-state index is 0.818. The zero-order valence-corrected chi connectivity index (χ0v) is 6.91. The SMILES string of the molecule is [B]c1ccc(C)c2cnccc12. The Balaban J connectivity index is 2.95. The lowest BCUT2D eigenvalue weighted by Gasteiger charge is -2.03. The number of aromatic nitrogens is 1. The average molecular weight is 153 g/mol. The van der Waals surface area contributed by atoms with Crippen molar-refractivity contribution in [2.24, 2.45) is 0 Å². The molecule has 0 saturated carbocycles. The van der Waals surface area contributed by atoms with Crippen LogP contribution in [-0.2, 0) is 0 Å². The van der Waals surface area contributed by atoms with E-state index in [0.717, 1.165) is 16.2 Å². The van der Waals surface area contributed by atoms with Crippen molar-refractivity contribution < 1.29 is 0 Å². The molecule has 2 rings (SSSR count). The van der Waals surface area contributed by atoms with Gasteiger partial charge in [-0.1, -0.05) is 17.6 Å². The van der Waals surface area contributed by atoms with Crippen molar-refractivity contribution in [3.8, 4) is 0 Å². The lowest BCUT2D eigenvalue weighted by Crippen LogP contribution is -2.03. The molecule has 0 unspecified atom stereocenters.